The first kappa shape index (κ1) is 17.6. The van der Waals surface area contributed by atoms with Gasteiger partial charge >= 0.3 is 11.8 Å². The summed E-state index contributed by atoms with van der Waals surface area (Å²) in [4.78, 5) is 41.1. The van der Waals surface area contributed by atoms with Crippen LogP contribution in [0.1, 0.15) is 6.92 Å². The fourth-order valence-corrected chi connectivity index (χ4v) is 2.49. The van der Waals surface area contributed by atoms with Crippen LogP contribution in [0.25, 0.3) is 0 Å². The lowest BCUT2D eigenvalue weighted by Crippen LogP contribution is -2.55. The van der Waals surface area contributed by atoms with Crippen molar-refractivity contribution in [3.05, 3.63) is 28.4 Å². The molecule has 130 valence electrons. The predicted molar refractivity (Wildman–Crippen MR) is 86.7 cm³/mol. The number of nitrogens with one attached hydrogen (secondary N) is 2. The van der Waals surface area contributed by atoms with Gasteiger partial charge in [0.05, 0.1) is 11.7 Å². The molecule has 1 unspecified atom stereocenters. The van der Waals surface area contributed by atoms with Crippen molar-refractivity contribution in [2.75, 3.05) is 38.1 Å². The molecule has 0 aromatic carbocycles. The Kier molecular flexibility index (Phi) is 5.64. The summed E-state index contributed by atoms with van der Waals surface area (Å²) in [6.07, 6.45) is 1.48. The summed E-state index contributed by atoms with van der Waals surface area (Å²) in [5.41, 5.74) is 0.808. The fraction of sp³-hybridized carbons (Fsp3) is 0.500. The number of anilines is 1. The van der Waals surface area contributed by atoms with Crippen molar-refractivity contribution < 1.29 is 14.5 Å². The molecule has 0 radical (unpaired) electrons. The molecule has 2 rings (SSSR count). The molecule has 1 saturated heterocycles. The third kappa shape index (κ3) is 4.16. The van der Waals surface area contributed by atoms with E-state index in [4.69, 9.17) is 0 Å². The van der Waals surface area contributed by atoms with Gasteiger partial charge in [-0.1, -0.05) is 0 Å². The molecule has 24 heavy (non-hydrogen) atoms. The average molecular weight is 336 g/mol. The molecule has 1 aliphatic rings. The monoisotopic (exact) mass is 336 g/mol. The van der Waals surface area contributed by atoms with E-state index in [1.54, 1.807) is 13.0 Å². The van der Waals surface area contributed by atoms with E-state index in [0.29, 0.717) is 26.2 Å². The van der Waals surface area contributed by atoms with Crippen LogP contribution in [0.5, 0.6) is 0 Å². The van der Waals surface area contributed by atoms with E-state index in [1.807, 2.05) is 4.90 Å². The first-order valence-electron chi connectivity index (χ1n) is 7.54. The Morgan fingerprint density at radius 1 is 1.29 bits per heavy atom. The maximum atomic E-state index is 12.0. The molecule has 10 heteroatoms. The third-order valence-electron chi connectivity index (χ3n) is 3.99. The minimum Gasteiger partial charge on any atom is -0.366 e. The highest BCUT2D eigenvalue weighted by molar-refractivity contribution is 5.96. The lowest BCUT2D eigenvalue weighted by molar-refractivity contribution is -0.389. The molecule has 1 aromatic heterocycles. The van der Waals surface area contributed by atoms with Gasteiger partial charge in [0.25, 0.3) is 0 Å². The Balaban J connectivity index is 1.89. The van der Waals surface area contributed by atoms with Crippen molar-refractivity contribution >= 4 is 23.4 Å². The van der Waals surface area contributed by atoms with Crippen LogP contribution in [0.4, 0.5) is 16.3 Å². The number of urea groups is 1. The number of piperazine rings is 1. The van der Waals surface area contributed by atoms with Crippen LogP contribution in [0.2, 0.25) is 0 Å². The van der Waals surface area contributed by atoms with Crippen molar-refractivity contribution in [2.24, 2.45) is 0 Å². The zero-order valence-corrected chi connectivity index (χ0v) is 13.6. The molecule has 2 heterocycles. The number of carbonyl (C=O) groups is 2. The van der Waals surface area contributed by atoms with E-state index in [1.165, 1.54) is 19.3 Å². The second-order valence-electron chi connectivity index (χ2n) is 5.40. The van der Waals surface area contributed by atoms with Crippen molar-refractivity contribution in [1.29, 1.82) is 0 Å². The van der Waals surface area contributed by atoms with E-state index in [-0.39, 0.29) is 11.7 Å². The second kappa shape index (κ2) is 7.68. The Morgan fingerprint density at radius 3 is 2.46 bits per heavy atom. The topological polar surface area (TPSA) is 121 Å². The van der Waals surface area contributed by atoms with Gasteiger partial charge in [0.15, 0.2) is 6.20 Å². The van der Waals surface area contributed by atoms with Crippen LogP contribution in [0, 0.1) is 10.1 Å². The first-order chi connectivity index (χ1) is 11.4. The lowest BCUT2D eigenvalue weighted by atomic mass is 10.2. The van der Waals surface area contributed by atoms with Crippen LogP contribution < -0.4 is 15.5 Å². The summed E-state index contributed by atoms with van der Waals surface area (Å²) in [5, 5.41) is 15.2. The number of hydrogen-bond acceptors (Lipinski definition) is 7. The van der Waals surface area contributed by atoms with Gasteiger partial charge in [-0.3, -0.25) is 15.0 Å². The van der Waals surface area contributed by atoms with E-state index >= 15 is 0 Å². The average Bonchev–Trinajstić information content (AvgIpc) is 2.61. The maximum Gasteiger partial charge on any atom is 0.363 e. The van der Waals surface area contributed by atoms with Gasteiger partial charge in [0.1, 0.15) is 0 Å². The summed E-state index contributed by atoms with van der Waals surface area (Å²) in [6.45, 7) is 4.36. The van der Waals surface area contributed by atoms with E-state index in [0.717, 1.165) is 5.69 Å². The molecule has 1 fully saturated rings. The van der Waals surface area contributed by atoms with Crippen LogP contribution in [-0.2, 0) is 4.79 Å². The minimum atomic E-state index is -0.533. The number of pyridine rings is 1. The molecular formula is C14H20N6O4. The molecule has 0 saturated carbocycles. The summed E-state index contributed by atoms with van der Waals surface area (Å²) < 4.78 is 0. The van der Waals surface area contributed by atoms with Crippen LogP contribution >= 0.6 is 0 Å². The molecule has 0 spiro atoms. The van der Waals surface area contributed by atoms with Gasteiger partial charge in [-0.2, -0.15) is 0 Å². The molecule has 3 amide bonds. The van der Waals surface area contributed by atoms with Gasteiger partial charge in [-0.25, -0.2) is 4.79 Å². The van der Waals surface area contributed by atoms with Crippen LogP contribution in [-0.4, -0.2) is 66.0 Å². The number of aromatic nitrogens is 1. The van der Waals surface area contributed by atoms with Gasteiger partial charge in [-0.05, 0) is 22.9 Å². The molecular weight excluding hydrogens is 316 g/mol. The van der Waals surface area contributed by atoms with Crippen molar-refractivity contribution in [3.8, 4) is 0 Å². The smallest absolute Gasteiger partial charge is 0.363 e. The first-order valence-corrected chi connectivity index (χ1v) is 7.54. The van der Waals surface area contributed by atoms with E-state index in [2.05, 4.69) is 20.5 Å². The van der Waals surface area contributed by atoms with Crippen LogP contribution in [0.15, 0.2) is 18.3 Å². The number of nitrogens with zero attached hydrogens (tertiary/aromatic N) is 4. The molecule has 1 aliphatic heterocycles. The number of imide groups is 1. The van der Waals surface area contributed by atoms with Crippen LogP contribution in [0.3, 0.4) is 0 Å². The Hall–Kier alpha value is -2.75. The Morgan fingerprint density at radius 2 is 1.96 bits per heavy atom. The number of amides is 3. The lowest BCUT2D eigenvalue weighted by Gasteiger charge is -2.37. The third-order valence-corrected chi connectivity index (χ3v) is 3.99. The van der Waals surface area contributed by atoms with Crippen molar-refractivity contribution in [3.63, 3.8) is 0 Å². The predicted octanol–water partition coefficient (Wildman–Crippen LogP) is -0.0441. The van der Waals surface area contributed by atoms with E-state index < -0.39 is 17.0 Å². The SMILES string of the molecule is CNC(=O)NC(=O)C(C)N1CCN(c2ccc([N+](=O)[O-])nc2)CC1. The van der Waals surface area contributed by atoms with Gasteiger partial charge < -0.3 is 20.3 Å². The van der Waals surface area contributed by atoms with Gasteiger partial charge in [0.2, 0.25) is 5.91 Å². The maximum absolute atomic E-state index is 12.0. The molecule has 1 atom stereocenters. The minimum absolute atomic E-state index is 0.183. The molecule has 2 N–H and O–H groups in total. The standard InChI is InChI=1S/C14H20N6O4/c1-10(13(21)17-14(22)15-2)18-5-7-19(8-6-18)11-3-4-12(16-9-11)20(23)24/h3-4,9-10H,5-8H2,1-2H3,(H2,15,17,21,22). The second-order valence-corrected chi connectivity index (χ2v) is 5.40. The highest BCUT2D eigenvalue weighted by Gasteiger charge is 2.27. The largest absolute Gasteiger partial charge is 0.366 e. The zero-order valence-electron chi connectivity index (χ0n) is 13.6. The zero-order chi connectivity index (χ0) is 17.7. The van der Waals surface area contributed by atoms with Crippen molar-refractivity contribution in [2.45, 2.75) is 13.0 Å². The van der Waals surface area contributed by atoms with Crippen molar-refractivity contribution in [1.82, 2.24) is 20.5 Å². The number of nitro groups is 1. The van der Waals surface area contributed by atoms with Gasteiger partial charge in [-0.15, -0.1) is 0 Å². The molecule has 1 aromatic rings. The summed E-state index contributed by atoms with van der Waals surface area (Å²) >= 11 is 0. The molecule has 10 nitrogen and oxygen atoms in total. The normalized spacial score (nSPS) is 16.3. The van der Waals surface area contributed by atoms with E-state index in [9.17, 15) is 19.7 Å². The molecule has 0 aliphatic carbocycles. The molecule has 0 bridgehead atoms. The highest BCUT2D eigenvalue weighted by Crippen LogP contribution is 2.18. The number of carbonyl (C=O) groups excluding carboxylic acids is 2. The summed E-state index contributed by atoms with van der Waals surface area (Å²) in [7, 11) is 1.45. The fourth-order valence-electron chi connectivity index (χ4n) is 2.49. The number of hydrogen-bond donors (Lipinski definition) is 2. The summed E-state index contributed by atoms with van der Waals surface area (Å²) in [6, 6.07) is 2.10. The highest BCUT2D eigenvalue weighted by atomic mass is 16.6. The Labute approximate surface area is 139 Å². The van der Waals surface area contributed by atoms with Gasteiger partial charge in [0, 0.05) is 39.3 Å². The summed E-state index contributed by atoms with van der Waals surface area (Å²) in [5.74, 6) is -0.531. The Bertz CT molecular complexity index is 612. The quantitative estimate of drug-likeness (QED) is 0.584. The number of rotatable bonds is 4.